The van der Waals surface area contributed by atoms with Gasteiger partial charge in [0.1, 0.15) is 10.6 Å². The first kappa shape index (κ1) is 15.9. The number of pyridine rings is 1. The monoisotopic (exact) mass is 345 g/mol. The Labute approximate surface area is 133 Å². The maximum Gasteiger partial charge on any atom is 0.343 e. The van der Waals surface area contributed by atoms with Gasteiger partial charge in [-0.15, -0.1) is 0 Å². The molecule has 8 heteroatoms. The van der Waals surface area contributed by atoms with Crippen LogP contribution in [0.4, 0.5) is 13.2 Å². The van der Waals surface area contributed by atoms with E-state index in [0.717, 1.165) is 6.20 Å². The second-order valence-electron chi connectivity index (χ2n) is 5.21. The van der Waals surface area contributed by atoms with E-state index in [4.69, 9.17) is 16.3 Å². The predicted octanol–water partition coefficient (Wildman–Crippen LogP) is 3.58. The number of esters is 1. The summed E-state index contributed by atoms with van der Waals surface area (Å²) in [6.07, 6.45) is 2.45. The first-order valence-corrected chi connectivity index (χ1v) is 7.34. The molecule has 0 bridgehead atoms. The number of ether oxygens (including phenoxy) is 1. The minimum Gasteiger partial charge on any atom is -0.462 e. The summed E-state index contributed by atoms with van der Waals surface area (Å²) in [5.74, 6) is -5.42. The van der Waals surface area contributed by atoms with E-state index in [-0.39, 0.29) is 12.6 Å². The van der Waals surface area contributed by atoms with Crippen molar-refractivity contribution >= 4 is 28.5 Å². The Kier molecular flexibility index (Phi) is 3.83. The highest BCUT2D eigenvalue weighted by atomic mass is 35.5. The number of hydrogen-bond acceptors (Lipinski definition) is 3. The highest BCUT2D eigenvalue weighted by molar-refractivity contribution is 6.31. The van der Waals surface area contributed by atoms with E-state index in [1.807, 2.05) is 0 Å². The molecule has 1 aromatic heterocycles. The van der Waals surface area contributed by atoms with E-state index in [2.05, 4.69) is 0 Å². The van der Waals surface area contributed by atoms with Crippen molar-refractivity contribution < 1.29 is 22.7 Å². The Hall–Kier alpha value is -2.02. The fraction of sp³-hybridized carbons (Fsp3) is 0.333. The van der Waals surface area contributed by atoms with Gasteiger partial charge in [-0.25, -0.2) is 18.0 Å². The number of benzene rings is 1. The Morgan fingerprint density at radius 1 is 1.30 bits per heavy atom. The van der Waals surface area contributed by atoms with Gasteiger partial charge < -0.3 is 9.30 Å². The van der Waals surface area contributed by atoms with Crippen LogP contribution in [0.5, 0.6) is 0 Å². The van der Waals surface area contributed by atoms with Crippen LogP contribution in [0.15, 0.2) is 11.0 Å². The fourth-order valence-corrected chi connectivity index (χ4v) is 2.63. The normalized spacial score (nSPS) is 14.3. The standard InChI is InChI=1S/C15H11ClF3NO3/c1-2-23-15(22)7-5-20(6-3-4-6)13-8(14(7)21)10(17)11(18)9(16)12(13)19/h5-6H,2-4H2,1H3. The summed E-state index contributed by atoms with van der Waals surface area (Å²) in [6, 6.07) is -0.207. The van der Waals surface area contributed by atoms with Gasteiger partial charge >= 0.3 is 5.97 Å². The molecule has 0 spiro atoms. The van der Waals surface area contributed by atoms with Crippen molar-refractivity contribution in [2.75, 3.05) is 6.61 Å². The van der Waals surface area contributed by atoms with Crippen LogP contribution in [0.3, 0.4) is 0 Å². The minimum absolute atomic E-state index is 0.00552. The Bertz CT molecular complexity index is 890. The van der Waals surface area contributed by atoms with Crippen molar-refractivity contribution in [2.24, 2.45) is 0 Å². The molecule has 4 nitrogen and oxygen atoms in total. The number of aromatic nitrogens is 1. The Balaban J connectivity index is 2.46. The molecule has 122 valence electrons. The third-order valence-electron chi connectivity index (χ3n) is 3.68. The highest BCUT2D eigenvalue weighted by Gasteiger charge is 2.32. The molecule has 0 unspecified atom stereocenters. The van der Waals surface area contributed by atoms with Gasteiger partial charge in [0.15, 0.2) is 17.5 Å². The summed E-state index contributed by atoms with van der Waals surface area (Å²) in [6.45, 7) is 1.55. The lowest BCUT2D eigenvalue weighted by Gasteiger charge is -2.14. The Morgan fingerprint density at radius 2 is 1.96 bits per heavy atom. The van der Waals surface area contributed by atoms with E-state index >= 15 is 0 Å². The van der Waals surface area contributed by atoms with E-state index in [1.54, 1.807) is 0 Å². The van der Waals surface area contributed by atoms with Crippen molar-refractivity contribution in [3.63, 3.8) is 0 Å². The summed E-state index contributed by atoms with van der Waals surface area (Å²) in [5.41, 5.74) is -2.02. The summed E-state index contributed by atoms with van der Waals surface area (Å²) in [4.78, 5) is 24.2. The molecule has 1 fully saturated rings. The van der Waals surface area contributed by atoms with E-state index in [1.165, 1.54) is 11.5 Å². The lowest BCUT2D eigenvalue weighted by Crippen LogP contribution is -2.22. The van der Waals surface area contributed by atoms with Crippen molar-refractivity contribution in [1.29, 1.82) is 0 Å². The average molecular weight is 346 g/mol. The number of carbonyl (C=O) groups is 1. The minimum atomic E-state index is -1.66. The average Bonchev–Trinajstić information content (AvgIpc) is 3.35. The zero-order valence-corrected chi connectivity index (χ0v) is 12.7. The molecular weight excluding hydrogens is 335 g/mol. The van der Waals surface area contributed by atoms with Gasteiger partial charge in [-0.2, -0.15) is 0 Å². The lowest BCUT2D eigenvalue weighted by molar-refractivity contribution is 0.0524. The quantitative estimate of drug-likeness (QED) is 0.485. The van der Waals surface area contributed by atoms with Gasteiger partial charge in [-0.3, -0.25) is 4.79 Å². The van der Waals surface area contributed by atoms with Gasteiger partial charge in [0.2, 0.25) is 5.43 Å². The maximum absolute atomic E-state index is 14.3. The molecule has 23 heavy (non-hydrogen) atoms. The maximum atomic E-state index is 14.3. The first-order chi connectivity index (χ1) is 10.9. The Morgan fingerprint density at radius 3 is 2.52 bits per heavy atom. The van der Waals surface area contributed by atoms with Crippen molar-refractivity contribution in [3.05, 3.63) is 44.5 Å². The largest absolute Gasteiger partial charge is 0.462 e. The summed E-state index contributed by atoms with van der Waals surface area (Å²) in [7, 11) is 0. The van der Waals surface area contributed by atoms with Crippen LogP contribution >= 0.6 is 11.6 Å². The molecule has 0 radical (unpaired) electrons. The number of nitrogens with zero attached hydrogens (tertiary/aromatic N) is 1. The van der Waals surface area contributed by atoms with Crippen LogP contribution in [-0.2, 0) is 4.74 Å². The summed E-state index contributed by atoms with van der Waals surface area (Å²) >= 11 is 5.47. The molecule has 2 aromatic rings. The molecule has 1 aliphatic carbocycles. The van der Waals surface area contributed by atoms with Crippen LogP contribution in [0, 0.1) is 17.5 Å². The molecule has 1 saturated carbocycles. The van der Waals surface area contributed by atoms with E-state index in [9.17, 15) is 22.8 Å². The summed E-state index contributed by atoms with van der Waals surface area (Å²) in [5, 5.41) is -1.85. The van der Waals surface area contributed by atoms with Crippen LogP contribution in [-0.4, -0.2) is 17.1 Å². The first-order valence-electron chi connectivity index (χ1n) is 6.96. The zero-order chi connectivity index (χ0) is 16.9. The molecule has 1 aromatic carbocycles. The lowest BCUT2D eigenvalue weighted by atomic mass is 10.1. The van der Waals surface area contributed by atoms with Crippen LogP contribution < -0.4 is 5.43 Å². The smallest absolute Gasteiger partial charge is 0.343 e. The third-order valence-corrected chi connectivity index (χ3v) is 4.01. The molecule has 0 saturated heterocycles. The van der Waals surface area contributed by atoms with Gasteiger partial charge in [0.05, 0.1) is 17.5 Å². The second kappa shape index (κ2) is 5.56. The second-order valence-corrected chi connectivity index (χ2v) is 5.59. The van der Waals surface area contributed by atoms with Gasteiger partial charge in [-0.05, 0) is 19.8 Å². The van der Waals surface area contributed by atoms with E-state index in [0.29, 0.717) is 12.8 Å². The SMILES string of the molecule is CCOC(=O)c1cn(C2CC2)c2c(F)c(Cl)c(F)c(F)c2c1=O. The van der Waals surface area contributed by atoms with Crippen LogP contribution in [0.25, 0.3) is 10.9 Å². The number of rotatable bonds is 3. The van der Waals surface area contributed by atoms with Crippen LogP contribution in [0.2, 0.25) is 5.02 Å². The molecule has 0 atom stereocenters. The van der Waals surface area contributed by atoms with Crippen molar-refractivity contribution in [1.82, 2.24) is 4.57 Å². The fourth-order valence-electron chi connectivity index (χ4n) is 2.46. The molecule has 1 aliphatic rings. The number of halogens is 4. The molecule has 1 heterocycles. The van der Waals surface area contributed by atoms with Gasteiger partial charge in [0, 0.05) is 12.2 Å². The molecule has 3 rings (SSSR count). The molecule has 0 aliphatic heterocycles. The molecule has 0 amide bonds. The van der Waals surface area contributed by atoms with Gasteiger partial charge in [0.25, 0.3) is 0 Å². The number of fused-ring (bicyclic) bond motifs is 1. The van der Waals surface area contributed by atoms with E-state index < -0.39 is 50.3 Å². The topological polar surface area (TPSA) is 48.3 Å². The molecule has 0 N–H and O–H groups in total. The van der Waals surface area contributed by atoms with Gasteiger partial charge in [-0.1, -0.05) is 11.6 Å². The number of hydrogen-bond donors (Lipinski definition) is 0. The summed E-state index contributed by atoms with van der Waals surface area (Å²) < 4.78 is 48.3. The van der Waals surface area contributed by atoms with Crippen LogP contribution in [0.1, 0.15) is 36.2 Å². The number of carbonyl (C=O) groups excluding carboxylic acids is 1. The predicted molar refractivity (Wildman–Crippen MR) is 77.3 cm³/mol. The van der Waals surface area contributed by atoms with Crippen molar-refractivity contribution in [2.45, 2.75) is 25.8 Å². The van der Waals surface area contributed by atoms with Crippen molar-refractivity contribution in [3.8, 4) is 0 Å². The third kappa shape index (κ3) is 2.39. The molecular formula is C15H11ClF3NO3. The zero-order valence-electron chi connectivity index (χ0n) is 12.0. The highest BCUT2D eigenvalue weighted by Crippen LogP contribution is 2.39.